The molecule has 0 aromatic heterocycles. The highest BCUT2D eigenvalue weighted by atomic mass is 19.1. The molecule has 2 rings (SSSR count). The highest BCUT2D eigenvalue weighted by molar-refractivity contribution is 5.54. The first-order chi connectivity index (χ1) is 9.24. The topological polar surface area (TPSA) is 35.5 Å². The van der Waals surface area contributed by atoms with Gasteiger partial charge in [-0.3, -0.25) is 0 Å². The zero-order valence-electron chi connectivity index (χ0n) is 11.5. The van der Waals surface area contributed by atoms with Gasteiger partial charge in [0.2, 0.25) is 0 Å². The molecule has 0 spiro atoms. The Morgan fingerprint density at radius 3 is 3.05 bits per heavy atom. The maximum Gasteiger partial charge on any atom is 0.123 e. The first kappa shape index (κ1) is 14.3. The maximum atomic E-state index is 13.4. The van der Waals surface area contributed by atoms with Gasteiger partial charge in [0.1, 0.15) is 5.82 Å². The van der Waals surface area contributed by atoms with Gasteiger partial charge >= 0.3 is 0 Å². The number of nitrogens with one attached hydrogen (secondary N) is 1. The summed E-state index contributed by atoms with van der Waals surface area (Å²) in [7, 11) is 0. The molecular weight excluding hydrogens is 243 g/mol. The van der Waals surface area contributed by atoms with Crippen LogP contribution < -0.4 is 10.2 Å². The monoisotopic (exact) mass is 266 g/mol. The Labute approximate surface area is 114 Å². The average Bonchev–Trinajstić information content (AvgIpc) is 2.45. The molecule has 4 heteroatoms. The third-order valence-electron chi connectivity index (χ3n) is 3.72. The number of piperidine rings is 1. The predicted molar refractivity (Wildman–Crippen MR) is 75.8 cm³/mol. The van der Waals surface area contributed by atoms with Crippen molar-refractivity contribution in [3.05, 3.63) is 29.6 Å². The van der Waals surface area contributed by atoms with Crippen molar-refractivity contribution in [2.45, 2.75) is 26.3 Å². The van der Waals surface area contributed by atoms with E-state index in [2.05, 4.69) is 10.2 Å². The molecule has 19 heavy (non-hydrogen) atoms. The molecule has 0 bridgehead atoms. The predicted octanol–water partition coefficient (Wildman–Crippen LogP) is 2.14. The van der Waals surface area contributed by atoms with E-state index in [1.165, 1.54) is 6.07 Å². The van der Waals surface area contributed by atoms with Gasteiger partial charge in [-0.05, 0) is 49.1 Å². The molecular formula is C15H23FN2O. The van der Waals surface area contributed by atoms with E-state index in [0.717, 1.165) is 43.7 Å². The van der Waals surface area contributed by atoms with Crippen LogP contribution >= 0.6 is 0 Å². The van der Waals surface area contributed by atoms with Crippen LogP contribution in [-0.2, 0) is 6.54 Å². The molecule has 1 aromatic carbocycles. The second kappa shape index (κ2) is 6.87. The normalized spacial score (nSPS) is 19.7. The summed E-state index contributed by atoms with van der Waals surface area (Å²) in [5.41, 5.74) is 2.10. The lowest BCUT2D eigenvalue weighted by atomic mass is 9.97. The van der Waals surface area contributed by atoms with Crippen LogP contribution in [0.25, 0.3) is 0 Å². The number of anilines is 1. The third-order valence-corrected chi connectivity index (χ3v) is 3.72. The summed E-state index contributed by atoms with van der Waals surface area (Å²) in [6, 6.07) is 5.00. The number of aliphatic hydroxyl groups excluding tert-OH is 1. The summed E-state index contributed by atoms with van der Waals surface area (Å²) >= 11 is 0. The summed E-state index contributed by atoms with van der Waals surface area (Å²) in [5.74, 6) is 0.151. The van der Waals surface area contributed by atoms with Crippen molar-refractivity contribution in [3.63, 3.8) is 0 Å². The fourth-order valence-corrected chi connectivity index (χ4v) is 2.70. The lowest BCUT2D eigenvalue weighted by Gasteiger charge is -2.35. The number of halogens is 1. The molecule has 0 aliphatic carbocycles. The molecule has 1 atom stereocenters. The number of nitrogens with zero attached hydrogens (tertiary/aromatic N) is 1. The summed E-state index contributed by atoms with van der Waals surface area (Å²) in [6.45, 7) is 5.68. The lowest BCUT2D eigenvalue weighted by molar-refractivity contribution is 0.208. The fourth-order valence-electron chi connectivity index (χ4n) is 2.70. The molecule has 2 N–H and O–H groups in total. The largest absolute Gasteiger partial charge is 0.396 e. The minimum absolute atomic E-state index is 0.188. The number of hydrogen-bond acceptors (Lipinski definition) is 3. The van der Waals surface area contributed by atoms with E-state index in [1.807, 2.05) is 13.0 Å². The van der Waals surface area contributed by atoms with Crippen molar-refractivity contribution in [1.82, 2.24) is 5.32 Å². The Balaban J connectivity index is 2.17. The van der Waals surface area contributed by atoms with Crippen LogP contribution in [0.2, 0.25) is 0 Å². The fraction of sp³-hybridized carbons (Fsp3) is 0.600. The molecule has 3 nitrogen and oxygen atoms in total. The van der Waals surface area contributed by atoms with Crippen LogP contribution in [0.5, 0.6) is 0 Å². The molecule has 1 aliphatic rings. The van der Waals surface area contributed by atoms with Crippen LogP contribution in [-0.4, -0.2) is 31.3 Å². The van der Waals surface area contributed by atoms with Gasteiger partial charge in [0.05, 0.1) is 0 Å². The van der Waals surface area contributed by atoms with Crippen LogP contribution in [0.1, 0.15) is 25.3 Å². The molecule has 0 radical (unpaired) electrons. The lowest BCUT2D eigenvalue weighted by Crippen LogP contribution is -2.37. The van der Waals surface area contributed by atoms with Gasteiger partial charge in [-0.2, -0.15) is 0 Å². The third kappa shape index (κ3) is 3.67. The van der Waals surface area contributed by atoms with Gasteiger partial charge in [-0.25, -0.2) is 4.39 Å². The SMILES string of the molecule is CCNCc1cc(F)ccc1N1CCCC(CO)C1. The Morgan fingerprint density at radius 2 is 2.32 bits per heavy atom. The molecule has 1 heterocycles. The molecule has 0 amide bonds. The minimum Gasteiger partial charge on any atom is -0.396 e. The molecule has 1 saturated heterocycles. The zero-order valence-corrected chi connectivity index (χ0v) is 11.5. The highest BCUT2D eigenvalue weighted by Gasteiger charge is 2.21. The maximum absolute atomic E-state index is 13.4. The summed E-state index contributed by atoms with van der Waals surface area (Å²) in [5, 5.41) is 12.6. The Morgan fingerprint density at radius 1 is 1.47 bits per heavy atom. The van der Waals surface area contributed by atoms with Crippen molar-refractivity contribution in [1.29, 1.82) is 0 Å². The van der Waals surface area contributed by atoms with E-state index in [0.29, 0.717) is 12.5 Å². The average molecular weight is 266 g/mol. The van der Waals surface area contributed by atoms with Gasteiger partial charge < -0.3 is 15.3 Å². The molecule has 1 aliphatic heterocycles. The van der Waals surface area contributed by atoms with Crippen molar-refractivity contribution in [3.8, 4) is 0 Å². The molecule has 1 aromatic rings. The number of aliphatic hydroxyl groups is 1. The minimum atomic E-state index is -0.188. The van der Waals surface area contributed by atoms with E-state index in [4.69, 9.17) is 0 Å². The molecule has 0 saturated carbocycles. The van der Waals surface area contributed by atoms with E-state index in [-0.39, 0.29) is 12.4 Å². The summed E-state index contributed by atoms with van der Waals surface area (Å²) in [6.07, 6.45) is 2.17. The number of hydrogen-bond donors (Lipinski definition) is 2. The Bertz CT molecular complexity index is 411. The van der Waals surface area contributed by atoms with Gasteiger partial charge in [0, 0.05) is 31.9 Å². The second-order valence-corrected chi connectivity index (χ2v) is 5.19. The van der Waals surface area contributed by atoms with Crippen LogP contribution in [0.3, 0.4) is 0 Å². The van der Waals surface area contributed by atoms with Crippen molar-refractivity contribution < 1.29 is 9.50 Å². The Kier molecular flexibility index (Phi) is 5.16. The van der Waals surface area contributed by atoms with Gasteiger partial charge in [0.25, 0.3) is 0 Å². The van der Waals surface area contributed by atoms with Gasteiger partial charge in [0.15, 0.2) is 0 Å². The van der Waals surface area contributed by atoms with Crippen LogP contribution in [0.15, 0.2) is 18.2 Å². The van der Waals surface area contributed by atoms with Gasteiger partial charge in [-0.1, -0.05) is 6.92 Å². The van der Waals surface area contributed by atoms with E-state index in [1.54, 1.807) is 6.07 Å². The number of rotatable bonds is 5. The first-order valence-corrected chi connectivity index (χ1v) is 7.09. The molecule has 1 fully saturated rings. The zero-order chi connectivity index (χ0) is 13.7. The highest BCUT2D eigenvalue weighted by Crippen LogP contribution is 2.27. The van der Waals surface area contributed by atoms with Gasteiger partial charge in [-0.15, -0.1) is 0 Å². The second-order valence-electron chi connectivity index (χ2n) is 5.19. The first-order valence-electron chi connectivity index (χ1n) is 7.09. The quantitative estimate of drug-likeness (QED) is 0.857. The Hall–Kier alpha value is -1.13. The van der Waals surface area contributed by atoms with Crippen molar-refractivity contribution in [2.24, 2.45) is 5.92 Å². The van der Waals surface area contributed by atoms with Crippen LogP contribution in [0.4, 0.5) is 10.1 Å². The number of benzene rings is 1. The van der Waals surface area contributed by atoms with Crippen molar-refractivity contribution in [2.75, 3.05) is 31.1 Å². The van der Waals surface area contributed by atoms with E-state index in [9.17, 15) is 9.50 Å². The molecule has 106 valence electrons. The van der Waals surface area contributed by atoms with E-state index >= 15 is 0 Å². The van der Waals surface area contributed by atoms with Crippen molar-refractivity contribution >= 4 is 5.69 Å². The smallest absolute Gasteiger partial charge is 0.123 e. The van der Waals surface area contributed by atoms with Crippen LogP contribution in [0, 0.1) is 11.7 Å². The standard InChI is InChI=1S/C15H23FN2O/c1-2-17-9-13-8-14(16)5-6-15(13)18-7-3-4-12(10-18)11-19/h5-6,8,12,17,19H,2-4,7,9-11H2,1H3. The van der Waals surface area contributed by atoms with E-state index < -0.39 is 0 Å². The summed E-state index contributed by atoms with van der Waals surface area (Å²) in [4.78, 5) is 2.27. The summed E-state index contributed by atoms with van der Waals surface area (Å²) < 4.78 is 13.4. The molecule has 1 unspecified atom stereocenters.